The molecular formula is C11H24N2OS2. The van der Waals surface area contributed by atoms with Crippen LogP contribution in [0.5, 0.6) is 0 Å². The predicted molar refractivity (Wildman–Crippen MR) is 75.0 cm³/mol. The minimum absolute atomic E-state index is 0.269. The first kappa shape index (κ1) is 14.6. The molecule has 3 nitrogen and oxygen atoms in total. The number of nitrogens with two attached hydrogens (primary N) is 1. The van der Waals surface area contributed by atoms with Gasteiger partial charge in [0, 0.05) is 22.0 Å². The van der Waals surface area contributed by atoms with Crippen LogP contribution in [0.1, 0.15) is 27.2 Å². The summed E-state index contributed by atoms with van der Waals surface area (Å²) in [5, 5.41) is 1.28. The zero-order valence-corrected chi connectivity index (χ0v) is 12.1. The van der Waals surface area contributed by atoms with Crippen molar-refractivity contribution in [2.75, 3.05) is 18.1 Å². The maximum Gasteiger partial charge on any atom is 0.0647 e. The van der Waals surface area contributed by atoms with Crippen molar-refractivity contribution in [2.24, 2.45) is 5.84 Å². The van der Waals surface area contributed by atoms with Crippen LogP contribution in [-0.2, 0) is 4.74 Å². The molecule has 0 amide bonds. The summed E-state index contributed by atoms with van der Waals surface area (Å²) in [6, 6.07) is 0.269. The smallest absolute Gasteiger partial charge is 0.0647 e. The molecule has 1 heterocycles. The molecule has 3 atom stereocenters. The number of hydrazine groups is 1. The molecule has 0 aliphatic carbocycles. The molecule has 0 spiro atoms. The van der Waals surface area contributed by atoms with Gasteiger partial charge in [-0.2, -0.15) is 23.5 Å². The monoisotopic (exact) mass is 264 g/mol. The fraction of sp³-hybridized carbons (Fsp3) is 1.00. The Morgan fingerprint density at radius 2 is 2.06 bits per heavy atom. The highest BCUT2D eigenvalue weighted by Gasteiger charge is 2.31. The van der Waals surface area contributed by atoms with E-state index >= 15 is 0 Å². The predicted octanol–water partition coefficient (Wildman–Crippen LogP) is 1.87. The molecule has 3 unspecified atom stereocenters. The number of rotatable bonds is 6. The van der Waals surface area contributed by atoms with Crippen LogP contribution in [0.25, 0.3) is 0 Å². The second-order valence-corrected chi connectivity index (χ2v) is 6.94. The highest BCUT2D eigenvalue weighted by molar-refractivity contribution is 8.07. The van der Waals surface area contributed by atoms with Crippen molar-refractivity contribution in [1.82, 2.24) is 5.43 Å². The number of ether oxygens (including phenoxy) is 1. The van der Waals surface area contributed by atoms with Crippen molar-refractivity contribution >= 4 is 23.5 Å². The molecule has 0 aromatic carbocycles. The zero-order chi connectivity index (χ0) is 12.0. The van der Waals surface area contributed by atoms with Crippen LogP contribution in [0.4, 0.5) is 0 Å². The van der Waals surface area contributed by atoms with E-state index in [0.29, 0.717) is 17.1 Å². The lowest BCUT2D eigenvalue weighted by Crippen LogP contribution is -2.51. The molecule has 0 aromatic rings. The summed E-state index contributed by atoms with van der Waals surface area (Å²) in [5.74, 6) is 8.15. The standard InChI is InChI=1S/C11H24N2OS2/c1-4-10-11(16-6-5-15-10)9(13-12)7-14-8(2)3/h8-11,13H,4-7,12H2,1-3H3. The highest BCUT2D eigenvalue weighted by atomic mass is 32.2. The van der Waals surface area contributed by atoms with E-state index in [-0.39, 0.29) is 12.1 Å². The summed E-state index contributed by atoms with van der Waals surface area (Å²) in [4.78, 5) is 0. The van der Waals surface area contributed by atoms with Gasteiger partial charge in [-0.05, 0) is 20.3 Å². The Hall–Kier alpha value is 0.580. The largest absolute Gasteiger partial charge is 0.377 e. The van der Waals surface area contributed by atoms with E-state index in [4.69, 9.17) is 10.6 Å². The summed E-state index contributed by atoms with van der Waals surface area (Å²) in [5.41, 5.74) is 2.93. The van der Waals surface area contributed by atoms with Gasteiger partial charge in [-0.15, -0.1) is 0 Å². The highest BCUT2D eigenvalue weighted by Crippen LogP contribution is 2.35. The van der Waals surface area contributed by atoms with Gasteiger partial charge in [-0.25, -0.2) is 0 Å². The number of hydrogen-bond acceptors (Lipinski definition) is 5. The Kier molecular flexibility index (Phi) is 7.16. The van der Waals surface area contributed by atoms with Crippen LogP contribution in [-0.4, -0.2) is 40.8 Å². The number of thioether (sulfide) groups is 2. The lowest BCUT2D eigenvalue weighted by atomic mass is 10.1. The van der Waals surface area contributed by atoms with E-state index < -0.39 is 0 Å². The second-order valence-electron chi connectivity index (χ2n) is 4.31. The van der Waals surface area contributed by atoms with Gasteiger partial charge in [0.25, 0.3) is 0 Å². The minimum Gasteiger partial charge on any atom is -0.377 e. The van der Waals surface area contributed by atoms with Crippen LogP contribution in [0.2, 0.25) is 0 Å². The fourth-order valence-electron chi connectivity index (χ4n) is 1.85. The van der Waals surface area contributed by atoms with E-state index in [0.717, 1.165) is 0 Å². The van der Waals surface area contributed by atoms with Gasteiger partial charge >= 0.3 is 0 Å². The van der Waals surface area contributed by atoms with Crippen molar-refractivity contribution in [2.45, 2.75) is 49.8 Å². The lowest BCUT2D eigenvalue weighted by molar-refractivity contribution is 0.0606. The van der Waals surface area contributed by atoms with Crippen molar-refractivity contribution in [3.63, 3.8) is 0 Å². The number of nitrogens with one attached hydrogen (secondary N) is 1. The van der Waals surface area contributed by atoms with Crippen molar-refractivity contribution in [1.29, 1.82) is 0 Å². The molecule has 96 valence electrons. The molecular weight excluding hydrogens is 240 g/mol. The van der Waals surface area contributed by atoms with Crippen molar-refractivity contribution in [3.8, 4) is 0 Å². The maximum absolute atomic E-state index is 5.68. The van der Waals surface area contributed by atoms with Gasteiger partial charge in [0.2, 0.25) is 0 Å². The Morgan fingerprint density at radius 1 is 1.38 bits per heavy atom. The Balaban J connectivity index is 2.48. The van der Waals surface area contributed by atoms with Crippen LogP contribution in [0.3, 0.4) is 0 Å². The molecule has 5 heteroatoms. The third-order valence-electron chi connectivity index (χ3n) is 2.71. The quantitative estimate of drug-likeness (QED) is 0.566. The second kappa shape index (κ2) is 7.82. The van der Waals surface area contributed by atoms with Gasteiger partial charge in [0.05, 0.1) is 18.8 Å². The maximum atomic E-state index is 5.68. The normalized spacial score (nSPS) is 28.3. The summed E-state index contributed by atoms with van der Waals surface area (Å²) < 4.78 is 5.68. The summed E-state index contributed by atoms with van der Waals surface area (Å²) in [6.45, 7) is 7.09. The van der Waals surface area contributed by atoms with E-state index in [1.54, 1.807) is 0 Å². The molecule has 0 aromatic heterocycles. The van der Waals surface area contributed by atoms with Gasteiger partial charge in [0.15, 0.2) is 0 Å². The average Bonchev–Trinajstić information content (AvgIpc) is 2.30. The topological polar surface area (TPSA) is 47.3 Å². The van der Waals surface area contributed by atoms with Crippen LogP contribution in [0.15, 0.2) is 0 Å². The average molecular weight is 264 g/mol. The molecule has 1 aliphatic heterocycles. The first-order valence-electron chi connectivity index (χ1n) is 6.00. The van der Waals surface area contributed by atoms with E-state index in [1.807, 2.05) is 11.8 Å². The van der Waals surface area contributed by atoms with E-state index in [9.17, 15) is 0 Å². The van der Waals surface area contributed by atoms with Crippen LogP contribution >= 0.6 is 23.5 Å². The Bertz CT molecular complexity index is 193. The minimum atomic E-state index is 0.269. The molecule has 0 bridgehead atoms. The fourth-order valence-corrected chi connectivity index (χ4v) is 5.07. The van der Waals surface area contributed by atoms with E-state index in [2.05, 4.69) is 38.0 Å². The molecule has 1 saturated heterocycles. The SMILES string of the molecule is CCC1SCCSC1C(COC(C)C)NN. The summed E-state index contributed by atoms with van der Waals surface area (Å²) >= 11 is 4.11. The molecule has 3 N–H and O–H groups in total. The van der Waals surface area contributed by atoms with Gasteiger partial charge < -0.3 is 4.74 Å². The third kappa shape index (κ3) is 4.45. The number of hydrogen-bond donors (Lipinski definition) is 2. The first-order valence-corrected chi connectivity index (χ1v) is 8.09. The van der Waals surface area contributed by atoms with Crippen molar-refractivity contribution < 1.29 is 4.74 Å². The van der Waals surface area contributed by atoms with Crippen LogP contribution in [0, 0.1) is 0 Å². The van der Waals surface area contributed by atoms with Crippen molar-refractivity contribution in [3.05, 3.63) is 0 Å². The van der Waals surface area contributed by atoms with E-state index in [1.165, 1.54) is 17.9 Å². The van der Waals surface area contributed by atoms with Gasteiger partial charge in [0.1, 0.15) is 0 Å². The first-order chi connectivity index (χ1) is 7.69. The molecule has 16 heavy (non-hydrogen) atoms. The molecule has 0 radical (unpaired) electrons. The summed E-state index contributed by atoms with van der Waals surface area (Å²) in [6.07, 6.45) is 1.49. The molecule has 1 rings (SSSR count). The molecule has 1 aliphatic rings. The Labute approximate surface area is 108 Å². The van der Waals surface area contributed by atoms with Gasteiger partial charge in [-0.1, -0.05) is 6.92 Å². The Morgan fingerprint density at radius 3 is 2.62 bits per heavy atom. The lowest BCUT2D eigenvalue weighted by Gasteiger charge is -2.35. The third-order valence-corrected chi connectivity index (χ3v) is 6.12. The molecule has 0 saturated carbocycles. The summed E-state index contributed by atoms with van der Waals surface area (Å²) in [7, 11) is 0. The zero-order valence-electron chi connectivity index (χ0n) is 10.4. The van der Waals surface area contributed by atoms with Gasteiger partial charge in [-0.3, -0.25) is 11.3 Å². The van der Waals surface area contributed by atoms with Crippen LogP contribution < -0.4 is 11.3 Å². The molecule has 1 fully saturated rings.